The van der Waals surface area contributed by atoms with Crippen LogP contribution in [0, 0.1) is 0 Å². The Hall–Kier alpha value is -3.03. The number of rotatable bonds is 13. The summed E-state index contributed by atoms with van der Waals surface area (Å²) in [6.45, 7) is 0.293. The number of nitrogens with one attached hydrogen (secondary N) is 1. The minimum atomic E-state index is -2.93. The highest BCUT2D eigenvalue weighted by Crippen LogP contribution is 2.29. The van der Waals surface area contributed by atoms with Gasteiger partial charge in [-0.15, -0.1) is 0 Å². The van der Waals surface area contributed by atoms with E-state index >= 15 is 0 Å². The van der Waals surface area contributed by atoms with Crippen molar-refractivity contribution in [3.63, 3.8) is 0 Å². The first kappa shape index (κ1) is 23.3. The fourth-order valence-corrected chi connectivity index (χ4v) is 2.76. The number of benzene rings is 2. The van der Waals surface area contributed by atoms with Gasteiger partial charge in [0, 0.05) is 13.0 Å². The monoisotopic (exact) mass is 423 g/mol. The molecule has 0 aromatic heterocycles. The third kappa shape index (κ3) is 7.77. The fourth-order valence-electron chi connectivity index (χ4n) is 2.76. The van der Waals surface area contributed by atoms with E-state index in [1.165, 1.54) is 13.2 Å². The fraction of sp³-hybridized carbons (Fsp3) is 0.409. The van der Waals surface area contributed by atoms with Crippen LogP contribution in [0.4, 0.5) is 8.78 Å². The predicted molar refractivity (Wildman–Crippen MR) is 109 cm³/mol. The minimum absolute atomic E-state index is 0.0270. The number of hydrogen-bond acceptors (Lipinski definition) is 5. The van der Waals surface area contributed by atoms with E-state index in [2.05, 4.69) is 10.1 Å². The van der Waals surface area contributed by atoms with Gasteiger partial charge in [0.1, 0.15) is 0 Å². The van der Waals surface area contributed by atoms with Crippen LogP contribution in [-0.4, -0.2) is 39.4 Å². The van der Waals surface area contributed by atoms with E-state index in [0.29, 0.717) is 50.5 Å². The molecule has 0 aliphatic carbocycles. The Balaban J connectivity index is 1.70. The number of alkyl halides is 2. The molecule has 0 heterocycles. The molecule has 164 valence electrons. The van der Waals surface area contributed by atoms with Crippen molar-refractivity contribution in [1.82, 2.24) is 5.32 Å². The Morgan fingerprint density at radius 1 is 1.03 bits per heavy atom. The molecular formula is C22H27F2NO5. The Bertz CT molecular complexity index is 801. The zero-order valence-corrected chi connectivity index (χ0v) is 17.2. The third-order valence-electron chi connectivity index (χ3n) is 4.13. The molecule has 30 heavy (non-hydrogen) atoms. The number of ether oxygens (including phenoxy) is 4. The van der Waals surface area contributed by atoms with Gasteiger partial charge in [0.2, 0.25) is 5.91 Å². The largest absolute Gasteiger partial charge is 0.493 e. The number of para-hydroxylation sites is 2. The molecular weight excluding hydrogens is 396 g/mol. The summed E-state index contributed by atoms with van der Waals surface area (Å²) in [6, 6.07) is 12.2. The highest BCUT2D eigenvalue weighted by atomic mass is 19.3. The van der Waals surface area contributed by atoms with Crippen LogP contribution in [-0.2, 0) is 11.2 Å². The molecule has 6 nitrogen and oxygen atoms in total. The van der Waals surface area contributed by atoms with Crippen LogP contribution in [0.5, 0.6) is 23.0 Å². The van der Waals surface area contributed by atoms with E-state index in [1.807, 2.05) is 31.2 Å². The third-order valence-corrected chi connectivity index (χ3v) is 4.13. The lowest BCUT2D eigenvalue weighted by Gasteiger charge is -2.12. The Kier molecular flexibility index (Phi) is 9.70. The molecule has 2 rings (SSSR count). The second-order valence-corrected chi connectivity index (χ2v) is 6.30. The van der Waals surface area contributed by atoms with Crippen molar-refractivity contribution in [2.75, 3.05) is 26.9 Å². The molecule has 8 heteroatoms. The zero-order valence-electron chi connectivity index (χ0n) is 17.2. The first-order valence-electron chi connectivity index (χ1n) is 9.76. The average Bonchev–Trinajstić information content (AvgIpc) is 2.72. The van der Waals surface area contributed by atoms with Crippen molar-refractivity contribution in [3.8, 4) is 23.0 Å². The van der Waals surface area contributed by atoms with Crippen molar-refractivity contribution in [3.05, 3.63) is 48.0 Å². The molecule has 0 aliphatic rings. The molecule has 2 aromatic carbocycles. The van der Waals surface area contributed by atoms with Crippen molar-refractivity contribution in [2.24, 2.45) is 0 Å². The molecule has 0 unspecified atom stereocenters. The van der Waals surface area contributed by atoms with Gasteiger partial charge >= 0.3 is 6.61 Å². The summed E-state index contributed by atoms with van der Waals surface area (Å²) in [5.41, 5.74) is 0.752. The van der Waals surface area contributed by atoms with Crippen molar-refractivity contribution >= 4 is 5.91 Å². The summed E-state index contributed by atoms with van der Waals surface area (Å²) < 4.78 is 45.6. The molecule has 0 spiro atoms. The number of carbonyl (C=O) groups is 1. The molecule has 0 radical (unpaired) electrons. The van der Waals surface area contributed by atoms with Crippen LogP contribution in [0.15, 0.2) is 42.5 Å². The highest BCUT2D eigenvalue weighted by Gasteiger charge is 2.11. The van der Waals surface area contributed by atoms with Crippen molar-refractivity contribution in [1.29, 1.82) is 0 Å². The quantitative estimate of drug-likeness (QED) is 0.489. The van der Waals surface area contributed by atoms with Gasteiger partial charge in [-0.2, -0.15) is 8.78 Å². The molecule has 2 aromatic rings. The van der Waals surface area contributed by atoms with Crippen LogP contribution in [0.2, 0.25) is 0 Å². The summed E-state index contributed by atoms with van der Waals surface area (Å²) in [5, 5.41) is 2.81. The lowest BCUT2D eigenvalue weighted by Crippen LogP contribution is -2.25. The summed E-state index contributed by atoms with van der Waals surface area (Å²) in [5.74, 6) is 1.43. The predicted octanol–water partition coefficient (Wildman–Crippen LogP) is 4.21. The van der Waals surface area contributed by atoms with E-state index in [4.69, 9.17) is 14.2 Å². The lowest BCUT2D eigenvalue weighted by molar-refractivity contribution is -0.121. The SMILES string of the molecule is CCOc1ccccc1OCCCC(=O)NCCc1ccc(OC)c(OC(F)F)c1. The van der Waals surface area contributed by atoms with Crippen LogP contribution in [0.1, 0.15) is 25.3 Å². The van der Waals surface area contributed by atoms with Gasteiger partial charge in [0.05, 0.1) is 20.3 Å². The molecule has 0 aliphatic heterocycles. The van der Waals surface area contributed by atoms with Crippen LogP contribution < -0.4 is 24.3 Å². The van der Waals surface area contributed by atoms with Gasteiger partial charge in [-0.1, -0.05) is 18.2 Å². The maximum Gasteiger partial charge on any atom is 0.387 e. The number of methoxy groups -OCH3 is 1. The van der Waals surface area contributed by atoms with E-state index in [0.717, 1.165) is 5.56 Å². The summed E-state index contributed by atoms with van der Waals surface area (Å²) >= 11 is 0. The topological polar surface area (TPSA) is 66.0 Å². The van der Waals surface area contributed by atoms with Gasteiger partial charge in [0.15, 0.2) is 23.0 Å². The molecule has 0 fully saturated rings. The van der Waals surface area contributed by atoms with E-state index in [9.17, 15) is 13.6 Å². The standard InChI is InChI=1S/C22H27F2NO5/c1-3-28-18-7-4-5-8-19(18)29-14-6-9-21(26)25-13-12-16-10-11-17(27-2)20(15-16)30-22(23)24/h4-5,7-8,10-11,15,22H,3,6,9,12-14H2,1-2H3,(H,25,26). The highest BCUT2D eigenvalue weighted by molar-refractivity contribution is 5.75. The van der Waals surface area contributed by atoms with Gasteiger partial charge < -0.3 is 24.3 Å². The van der Waals surface area contributed by atoms with Crippen LogP contribution in [0.25, 0.3) is 0 Å². The van der Waals surface area contributed by atoms with Gasteiger partial charge in [-0.3, -0.25) is 4.79 Å². The van der Waals surface area contributed by atoms with E-state index in [-0.39, 0.29) is 17.4 Å². The smallest absolute Gasteiger partial charge is 0.387 e. The lowest BCUT2D eigenvalue weighted by atomic mass is 10.1. The molecule has 0 saturated carbocycles. The second-order valence-electron chi connectivity index (χ2n) is 6.30. The Morgan fingerprint density at radius 2 is 1.77 bits per heavy atom. The maximum atomic E-state index is 12.5. The number of halogens is 2. The summed E-state index contributed by atoms with van der Waals surface area (Å²) in [6.07, 6.45) is 1.36. The Labute approximate surface area is 175 Å². The van der Waals surface area contributed by atoms with Gasteiger partial charge in [-0.05, 0) is 49.6 Å². The van der Waals surface area contributed by atoms with Crippen molar-refractivity contribution in [2.45, 2.75) is 32.8 Å². The molecule has 1 amide bonds. The normalized spacial score (nSPS) is 10.6. The molecule has 0 atom stereocenters. The molecule has 1 N–H and O–H groups in total. The Morgan fingerprint density at radius 3 is 2.43 bits per heavy atom. The van der Waals surface area contributed by atoms with Gasteiger partial charge in [0.25, 0.3) is 0 Å². The molecule has 0 bridgehead atoms. The van der Waals surface area contributed by atoms with Crippen molar-refractivity contribution < 1.29 is 32.5 Å². The van der Waals surface area contributed by atoms with Gasteiger partial charge in [-0.25, -0.2) is 0 Å². The van der Waals surface area contributed by atoms with Crippen LogP contribution >= 0.6 is 0 Å². The number of carbonyl (C=O) groups excluding carboxylic acids is 1. The molecule has 0 saturated heterocycles. The zero-order chi connectivity index (χ0) is 21.8. The summed E-state index contributed by atoms with van der Waals surface area (Å²) in [4.78, 5) is 12.0. The average molecular weight is 423 g/mol. The maximum absolute atomic E-state index is 12.5. The first-order chi connectivity index (χ1) is 14.5. The number of hydrogen-bond donors (Lipinski definition) is 1. The second kappa shape index (κ2) is 12.5. The minimum Gasteiger partial charge on any atom is -0.493 e. The van der Waals surface area contributed by atoms with Crippen LogP contribution in [0.3, 0.4) is 0 Å². The summed E-state index contributed by atoms with van der Waals surface area (Å²) in [7, 11) is 1.38. The number of amides is 1. The van der Waals surface area contributed by atoms with E-state index in [1.54, 1.807) is 12.1 Å². The van der Waals surface area contributed by atoms with E-state index < -0.39 is 6.61 Å². The first-order valence-corrected chi connectivity index (χ1v) is 9.76.